The lowest BCUT2D eigenvalue weighted by atomic mass is 10.1. The summed E-state index contributed by atoms with van der Waals surface area (Å²) < 4.78 is 1.97. The maximum absolute atomic E-state index is 11.7. The average molecular weight is 342 g/mol. The van der Waals surface area contributed by atoms with Crippen molar-refractivity contribution in [1.29, 1.82) is 0 Å². The molecule has 1 aromatic heterocycles. The van der Waals surface area contributed by atoms with E-state index in [-0.39, 0.29) is 29.9 Å². The number of carbonyl (C=O) groups excluding carboxylic acids is 1. The van der Waals surface area contributed by atoms with E-state index < -0.39 is 0 Å². The van der Waals surface area contributed by atoms with Crippen molar-refractivity contribution in [3.05, 3.63) is 42.1 Å². The number of aromatic nitrogens is 1. The van der Waals surface area contributed by atoms with Gasteiger partial charge in [0.1, 0.15) is 12.6 Å². The zero-order chi connectivity index (χ0) is 11.5. The second-order valence-electron chi connectivity index (χ2n) is 3.76. The SMILES string of the molecule is CCNC(=O)c1cc2ccccc2[n+](C)c1.[I-]. The Labute approximate surface area is 118 Å². The minimum absolute atomic E-state index is 0. The van der Waals surface area contributed by atoms with Crippen LogP contribution >= 0.6 is 0 Å². The molecule has 0 saturated heterocycles. The van der Waals surface area contributed by atoms with E-state index in [0.29, 0.717) is 12.1 Å². The number of nitrogens with zero attached hydrogens (tertiary/aromatic N) is 1. The number of pyridine rings is 1. The minimum Gasteiger partial charge on any atom is -1.00 e. The number of halogens is 1. The molecule has 3 nitrogen and oxygen atoms in total. The first-order valence-corrected chi connectivity index (χ1v) is 5.39. The second-order valence-corrected chi connectivity index (χ2v) is 3.76. The molecule has 1 heterocycles. The Hall–Kier alpha value is -1.17. The fraction of sp³-hybridized carbons (Fsp3) is 0.231. The van der Waals surface area contributed by atoms with Gasteiger partial charge in [0.2, 0.25) is 5.52 Å². The van der Waals surface area contributed by atoms with E-state index in [0.717, 1.165) is 10.9 Å². The molecule has 1 N–H and O–H groups in total. The predicted molar refractivity (Wildman–Crippen MR) is 63.1 cm³/mol. The van der Waals surface area contributed by atoms with Gasteiger partial charge in [0.05, 0.1) is 0 Å². The van der Waals surface area contributed by atoms with Gasteiger partial charge in [-0.3, -0.25) is 4.79 Å². The Balaban J connectivity index is 0.00000144. The summed E-state index contributed by atoms with van der Waals surface area (Å²) in [5, 5.41) is 3.88. The number of benzene rings is 1. The maximum Gasteiger partial charge on any atom is 0.257 e. The van der Waals surface area contributed by atoms with Crippen LogP contribution < -0.4 is 33.9 Å². The fourth-order valence-electron chi connectivity index (χ4n) is 1.80. The van der Waals surface area contributed by atoms with E-state index in [1.54, 1.807) is 0 Å². The number of amides is 1. The lowest BCUT2D eigenvalue weighted by Crippen LogP contribution is -3.00. The first-order valence-electron chi connectivity index (χ1n) is 5.39. The van der Waals surface area contributed by atoms with Gasteiger partial charge < -0.3 is 29.3 Å². The number of carbonyl (C=O) groups is 1. The highest BCUT2D eigenvalue weighted by atomic mass is 127. The molecule has 2 rings (SSSR count). The summed E-state index contributed by atoms with van der Waals surface area (Å²) in [4.78, 5) is 11.7. The summed E-state index contributed by atoms with van der Waals surface area (Å²) in [6.45, 7) is 2.56. The number of aryl methyl sites for hydroxylation is 1. The van der Waals surface area contributed by atoms with Crippen molar-refractivity contribution < 1.29 is 33.3 Å². The van der Waals surface area contributed by atoms with Crippen molar-refractivity contribution in [3.63, 3.8) is 0 Å². The van der Waals surface area contributed by atoms with E-state index in [1.165, 1.54) is 0 Å². The van der Waals surface area contributed by atoms with Crippen molar-refractivity contribution in [2.75, 3.05) is 6.54 Å². The fourth-order valence-corrected chi connectivity index (χ4v) is 1.80. The lowest BCUT2D eigenvalue weighted by molar-refractivity contribution is -0.645. The first-order chi connectivity index (χ1) is 7.72. The Morgan fingerprint density at radius 1 is 1.35 bits per heavy atom. The molecule has 4 heteroatoms. The van der Waals surface area contributed by atoms with Crippen molar-refractivity contribution in [3.8, 4) is 0 Å². The highest BCUT2D eigenvalue weighted by molar-refractivity contribution is 5.96. The lowest BCUT2D eigenvalue weighted by Gasteiger charge is -2.02. The third-order valence-corrected chi connectivity index (χ3v) is 2.56. The molecule has 0 bridgehead atoms. The number of hydrogen-bond donors (Lipinski definition) is 1. The van der Waals surface area contributed by atoms with E-state index >= 15 is 0 Å². The molecule has 0 spiro atoms. The van der Waals surface area contributed by atoms with Gasteiger partial charge in [-0.15, -0.1) is 0 Å². The molecule has 1 amide bonds. The molecular formula is C13H15IN2O. The molecule has 0 aliphatic rings. The van der Waals surface area contributed by atoms with E-state index in [4.69, 9.17) is 0 Å². The Morgan fingerprint density at radius 3 is 2.76 bits per heavy atom. The molecule has 0 saturated carbocycles. The molecular weight excluding hydrogens is 327 g/mol. The van der Waals surface area contributed by atoms with Gasteiger partial charge in [-0.2, -0.15) is 0 Å². The molecule has 0 aliphatic carbocycles. The summed E-state index contributed by atoms with van der Waals surface area (Å²) >= 11 is 0. The molecule has 0 radical (unpaired) electrons. The highest BCUT2D eigenvalue weighted by Crippen LogP contribution is 2.10. The zero-order valence-electron chi connectivity index (χ0n) is 9.90. The molecule has 0 unspecified atom stereocenters. The standard InChI is InChI=1S/C13H14N2O.HI/c1-3-14-13(16)11-8-10-6-4-5-7-12(10)15(2)9-11;/h4-9H,3H2,1-2H3;1H. The second kappa shape index (κ2) is 5.95. The van der Waals surface area contributed by atoms with E-state index in [1.807, 2.05) is 55.1 Å². The molecule has 17 heavy (non-hydrogen) atoms. The van der Waals surface area contributed by atoms with E-state index in [2.05, 4.69) is 5.32 Å². The number of hydrogen-bond acceptors (Lipinski definition) is 1. The van der Waals surface area contributed by atoms with Crippen LogP contribution in [-0.4, -0.2) is 12.5 Å². The van der Waals surface area contributed by atoms with Crippen LogP contribution in [0.5, 0.6) is 0 Å². The van der Waals surface area contributed by atoms with Crippen LogP contribution in [0.25, 0.3) is 10.9 Å². The molecule has 2 aromatic rings. The number of para-hydroxylation sites is 1. The number of rotatable bonds is 2. The van der Waals surface area contributed by atoms with Crippen molar-refractivity contribution >= 4 is 16.8 Å². The van der Waals surface area contributed by atoms with Gasteiger partial charge >= 0.3 is 0 Å². The smallest absolute Gasteiger partial charge is 0.257 e. The summed E-state index contributed by atoms with van der Waals surface area (Å²) in [6, 6.07) is 9.94. The van der Waals surface area contributed by atoms with Crippen molar-refractivity contribution in [2.24, 2.45) is 7.05 Å². The Kier molecular flexibility index (Phi) is 4.86. The molecule has 0 aliphatic heterocycles. The highest BCUT2D eigenvalue weighted by Gasteiger charge is 2.12. The molecule has 0 fully saturated rings. The van der Waals surface area contributed by atoms with E-state index in [9.17, 15) is 4.79 Å². The monoisotopic (exact) mass is 342 g/mol. The van der Waals surface area contributed by atoms with Gasteiger partial charge in [0, 0.05) is 18.0 Å². The third kappa shape index (κ3) is 2.94. The Morgan fingerprint density at radius 2 is 2.06 bits per heavy atom. The number of fused-ring (bicyclic) bond motifs is 1. The summed E-state index contributed by atoms with van der Waals surface area (Å²) in [5.41, 5.74) is 1.82. The van der Waals surface area contributed by atoms with Crippen LogP contribution in [0.2, 0.25) is 0 Å². The van der Waals surface area contributed by atoms with Crippen LogP contribution in [-0.2, 0) is 7.05 Å². The molecule has 0 atom stereocenters. The summed E-state index contributed by atoms with van der Waals surface area (Å²) in [7, 11) is 1.95. The zero-order valence-corrected chi connectivity index (χ0v) is 12.1. The minimum atomic E-state index is -0.0242. The van der Waals surface area contributed by atoms with Crippen molar-refractivity contribution in [2.45, 2.75) is 6.92 Å². The van der Waals surface area contributed by atoms with Gasteiger partial charge in [-0.05, 0) is 19.1 Å². The van der Waals surface area contributed by atoms with Crippen LogP contribution in [0, 0.1) is 0 Å². The van der Waals surface area contributed by atoms with Gasteiger partial charge in [-0.25, -0.2) is 4.57 Å². The molecule has 1 aromatic carbocycles. The largest absolute Gasteiger partial charge is 1.00 e. The molecule has 90 valence electrons. The van der Waals surface area contributed by atoms with Crippen LogP contribution in [0.1, 0.15) is 17.3 Å². The summed E-state index contributed by atoms with van der Waals surface area (Å²) in [6.07, 6.45) is 1.85. The van der Waals surface area contributed by atoms with Crippen LogP contribution in [0.15, 0.2) is 36.5 Å². The quantitative estimate of drug-likeness (QED) is 0.519. The van der Waals surface area contributed by atoms with Gasteiger partial charge in [0.15, 0.2) is 6.20 Å². The third-order valence-electron chi connectivity index (χ3n) is 2.56. The van der Waals surface area contributed by atoms with Crippen molar-refractivity contribution in [1.82, 2.24) is 5.32 Å². The predicted octanol–water partition coefficient (Wildman–Crippen LogP) is -1.58. The van der Waals surface area contributed by atoms with Gasteiger partial charge in [-0.1, -0.05) is 12.1 Å². The average Bonchev–Trinajstić information content (AvgIpc) is 2.29. The summed E-state index contributed by atoms with van der Waals surface area (Å²) in [5.74, 6) is -0.0242. The van der Waals surface area contributed by atoms with Crippen LogP contribution in [0.4, 0.5) is 0 Å². The number of nitrogens with one attached hydrogen (secondary N) is 1. The Bertz CT molecular complexity index is 540. The maximum atomic E-state index is 11.7. The normalized spacial score (nSPS) is 9.76. The topological polar surface area (TPSA) is 33.0 Å². The van der Waals surface area contributed by atoms with Gasteiger partial charge in [0.25, 0.3) is 5.91 Å². The van der Waals surface area contributed by atoms with Crippen LogP contribution in [0.3, 0.4) is 0 Å². The first kappa shape index (κ1) is 13.9.